The highest BCUT2D eigenvalue weighted by Crippen LogP contribution is 1.81. The Balaban J connectivity index is 2.83. The Kier molecular flexibility index (Phi) is 2.10. The average Bonchev–Trinajstić information content (AvgIpc) is 1.38. The second-order valence-corrected chi connectivity index (χ2v) is 3.20. The van der Waals surface area contributed by atoms with Gasteiger partial charge < -0.3 is 4.79 Å². The van der Waals surface area contributed by atoms with E-state index in [1.165, 1.54) is 0 Å². The fourth-order valence-electron chi connectivity index (χ4n) is 0. The molecule has 0 saturated heterocycles. The monoisotopic (exact) mass is 88.0 g/mol. The highest BCUT2D eigenvalue weighted by molar-refractivity contribution is 6.19. The summed E-state index contributed by atoms with van der Waals surface area (Å²) in [4.78, 5) is 9.54. The largest absolute Gasteiger partial charge is 0.303 e. The van der Waals surface area contributed by atoms with Gasteiger partial charge in [0.2, 0.25) is 0 Å². The predicted octanol–water partition coefficient (Wildman–Crippen LogP) is -0.641. The van der Waals surface area contributed by atoms with Gasteiger partial charge >= 0.3 is 0 Å². The summed E-state index contributed by atoms with van der Waals surface area (Å²) in [6, 6.07) is 0. The lowest BCUT2D eigenvalue weighted by Crippen LogP contribution is -1.81. The topological polar surface area (TPSA) is 17.1 Å². The van der Waals surface area contributed by atoms with Gasteiger partial charge in [0.15, 0.2) is 0 Å². The van der Waals surface area contributed by atoms with Crippen molar-refractivity contribution in [1.82, 2.24) is 0 Å². The Morgan fingerprint density at radius 3 is 2.20 bits per heavy atom. The molecule has 0 N–H and O–H groups in total. The minimum absolute atomic E-state index is 0.343. The minimum Gasteiger partial charge on any atom is -0.303 e. The maximum Gasteiger partial charge on any atom is 0.119 e. The van der Waals surface area contributed by atoms with Crippen molar-refractivity contribution in [3.63, 3.8) is 0 Å². The zero-order chi connectivity index (χ0) is 4.28. The molecule has 0 aliphatic rings. The first-order valence-corrected chi connectivity index (χ1v) is 2.88. The molecule has 0 radical (unpaired) electrons. The zero-order valence-electron chi connectivity index (χ0n) is 3.56. The van der Waals surface area contributed by atoms with E-state index in [-0.39, 0.29) is 0 Å². The zero-order valence-corrected chi connectivity index (χ0v) is 5.56. The lowest BCUT2D eigenvalue weighted by Gasteiger charge is -1.78. The minimum atomic E-state index is 0.343. The van der Waals surface area contributed by atoms with Gasteiger partial charge in [-0.15, -0.1) is 0 Å². The smallest absolute Gasteiger partial charge is 0.119 e. The van der Waals surface area contributed by atoms with E-state index in [9.17, 15) is 4.79 Å². The van der Waals surface area contributed by atoms with E-state index >= 15 is 0 Å². The van der Waals surface area contributed by atoms with Crippen LogP contribution in [-0.4, -0.2) is 16.5 Å². The van der Waals surface area contributed by atoms with E-state index in [0.717, 1.165) is 16.5 Å². The molecule has 0 heterocycles. The molecule has 0 aromatic carbocycles. The van der Waals surface area contributed by atoms with E-state index in [1.807, 2.05) is 6.92 Å². The third kappa shape index (κ3) is 3.89. The molecule has 0 amide bonds. The Bertz CT molecular complexity index is 33.9. The number of rotatable bonds is 1. The summed E-state index contributed by atoms with van der Waals surface area (Å²) in [5.74, 6) is 0. The third-order valence-corrected chi connectivity index (χ3v) is 0.544. The molecule has 0 aliphatic carbocycles. The van der Waals surface area contributed by atoms with Crippen LogP contribution < -0.4 is 0 Å². The summed E-state index contributed by atoms with van der Waals surface area (Å²) >= 11 is 0. The molecule has 1 unspecified atom stereocenters. The van der Waals surface area contributed by atoms with Crippen molar-refractivity contribution in [3.8, 4) is 0 Å². The molecule has 0 aliphatic heterocycles. The second kappa shape index (κ2) is 2.14. The highest BCUT2D eigenvalue weighted by Gasteiger charge is 1.80. The van der Waals surface area contributed by atoms with E-state index < -0.39 is 0 Å². The molecule has 0 fully saturated rings. The summed E-state index contributed by atoms with van der Waals surface area (Å²) in [6.07, 6.45) is 0.978. The first-order valence-electron chi connectivity index (χ1n) is 1.72. The molecule has 1 nitrogen and oxygen atoms in total. The van der Waals surface area contributed by atoms with Crippen molar-refractivity contribution in [3.05, 3.63) is 0 Å². The number of carbonyl (C=O) groups excluding carboxylic acids is 1. The standard InChI is InChI=1S/C3H8OSi/c1-3(5)2-4/h2-3H,1,5H3. The van der Waals surface area contributed by atoms with E-state index in [2.05, 4.69) is 0 Å². The molecular formula is C3H8OSi. The molecule has 0 saturated carbocycles. The maximum absolute atomic E-state index is 9.54. The molecule has 30 valence electrons. The van der Waals surface area contributed by atoms with Crippen molar-refractivity contribution in [2.45, 2.75) is 12.5 Å². The van der Waals surface area contributed by atoms with Gasteiger partial charge in [-0.25, -0.2) is 0 Å². The van der Waals surface area contributed by atoms with Crippen LogP contribution in [0.3, 0.4) is 0 Å². The molecule has 0 aromatic heterocycles. The van der Waals surface area contributed by atoms with Crippen LogP contribution in [0.1, 0.15) is 6.92 Å². The first kappa shape index (κ1) is 4.89. The molecule has 2 heteroatoms. The molecular weight excluding hydrogens is 80.1 g/mol. The first-order chi connectivity index (χ1) is 2.27. The number of hydrogen-bond acceptors (Lipinski definition) is 1. The van der Waals surface area contributed by atoms with Crippen LogP contribution in [0.15, 0.2) is 0 Å². The van der Waals surface area contributed by atoms with Crippen molar-refractivity contribution in [2.75, 3.05) is 0 Å². The maximum atomic E-state index is 9.54. The lowest BCUT2D eigenvalue weighted by molar-refractivity contribution is -0.107. The SMILES string of the molecule is CC([SiH3])C=O. The van der Waals surface area contributed by atoms with Gasteiger partial charge in [-0.05, 0) is 5.54 Å². The molecule has 0 bridgehead atoms. The predicted molar refractivity (Wildman–Crippen MR) is 25.4 cm³/mol. The summed E-state index contributed by atoms with van der Waals surface area (Å²) in [7, 11) is 1.00. The van der Waals surface area contributed by atoms with Gasteiger partial charge in [0, 0.05) is 10.2 Å². The lowest BCUT2D eigenvalue weighted by atomic mass is 10.5. The third-order valence-electron chi connectivity index (χ3n) is 0.272. The second-order valence-electron chi connectivity index (χ2n) is 1.38. The van der Waals surface area contributed by atoms with Crippen LogP contribution in [0, 0.1) is 0 Å². The number of aldehydes is 1. The van der Waals surface area contributed by atoms with Crippen molar-refractivity contribution in [1.29, 1.82) is 0 Å². The van der Waals surface area contributed by atoms with Crippen LogP contribution in [-0.2, 0) is 4.79 Å². The van der Waals surface area contributed by atoms with Gasteiger partial charge in [-0.3, -0.25) is 0 Å². The van der Waals surface area contributed by atoms with Crippen molar-refractivity contribution in [2.24, 2.45) is 0 Å². The normalized spacial score (nSPS) is 14.6. The van der Waals surface area contributed by atoms with E-state index in [0.29, 0.717) is 5.54 Å². The fraction of sp³-hybridized carbons (Fsp3) is 0.667. The Hall–Kier alpha value is -0.113. The van der Waals surface area contributed by atoms with E-state index in [1.54, 1.807) is 0 Å². The van der Waals surface area contributed by atoms with Gasteiger partial charge in [-0.1, -0.05) is 6.92 Å². The van der Waals surface area contributed by atoms with Gasteiger partial charge in [0.05, 0.1) is 0 Å². The average molecular weight is 88.2 g/mol. The van der Waals surface area contributed by atoms with Crippen LogP contribution in [0.4, 0.5) is 0 Å². The van der Waals surface area contributed by atoms with Crippen LogP contribution in [0.25, 0.3) is 0 Å². The van der Waals surface area contributed by atoms with Gasteiger partial charge in [-0.2, -0.15) is 0 Å². The van der Waals surface area contributed by atoms with E-state index in [4.69, 9.17) is 0 Å². The molecule has 1 atom stereocenters. The number of carbonyl (C=O) groups is 1. The Labute approximate surface area is 34.8 Å². The summed E-state index contributed by atoms with van der Waals surface area (Å²) in [5, 5.41) is 0. The van der Waals surface area contributed by atoms with Crippen molar-refractivity contribution >= 4 is 16.5 Å². The van der Waals surface area contributed by atoms with Crippen molar-refractivity contribution < 1.29 is 4.79 Å². The summed E-state index contributed by atoms with van der Waals surface area (Å²) in [6.45, 7) is 1.92. The molecule has 5 heavy (non-hydrogen) atoms. The van der Waals surface area contributed by atoms with Gasteiger partial charge in [0.1, 0.15) is 6.29 Å². The quantitative estimate of drug-likeness (QED) is 0.308. The number of hydrogen-bond donors (Lipinski definition) is 0. The highest BCUT2D eigenvalue weighted by atomic mass is 28.1. The van der Waals surface area contributed by atoms with Gasteiger partial charge in [0.25, 0.3) is 0 Å². The Morgan fingerprint density at radius 2 is 2.20 bits per heavy atom. The van der Waals surface area contributed by atoms with Crippen LogP contribution in [0.5, 0.6) is 0 Å². The Morgan fingerprint density at radius 1 is 2.00 bits per heavy atom. The summed E-state index contributed by atoms with van der Waals surface area (Å²) in [5.41, 5.74) is 0.343. The molecule has 0 spiro atoms. The summed E-state index contributed by atoms with van der Waals surface area (Å²) < 4.78 is 0. The molecule has 0 rings (SSSR count). The van der Waals surface area contributed by atoms with Crippen LogP contribution >= 0.6 is 0 Å². The molecule has 0 aromatic rings. The van der Waals surface area contributed by atoms with Crippen LogP contribution in [0.2, 0.25) is 5.54 Å². The fourth-order valence-corrected chi connectivity index (χ4v) is 0.